The molecular formula is C24H24N2O4S. The summed E-state index contributed by atoms with van der Waals surface area (Å²) in [6, 6.07) is 18.8. The molecule has 0 saturated heterocycles. The Morgan fingerprint density at radius 3 is 2.45 bits per heavy atom. The van der Waals surface area contributed by atoms with Gasteiger partial charge in [0.2, 0.25) is 0 Å². The van der Waals surface area contributed by atoms with Gasteiger partial charge in [0.25, 0.3) is 15.9 Å². The molecule has 31 heavy (non-hydrogen) atoms. The number of para-hydroxylation sites is 1. The quantitative estimate of drug-likeness (QED) is 0.622. The molecule has 1 atom stereocenters. The lowest BCUT2D eigenvalue weighted by Gasteiger charge is -2.26. The Hall–Kier alpha value is -3.32. The first-order valence-corrected chi connectivity index (χ1v) is 11.5. The third-order valence-electron chi connectivity index (χ3n) is 5.45. The van der Waals surface area contributed by atoms with Crippen molar-refractivity contribution >= 4 is 21.6 Å². The molecule has 160 valence electrons. The Kier molecular flexibility index (Phi) is 5.69. The summed E-state index contributed by atoms with van der Waals surface area (Å²) in [4.78, 5) is 12.8. The largest absolute Gasteiger partial charge is 0.493 e. The maximum absolute atomic E-state index is 12.7. The van der Waals surface area contributed by atoms with Gasteiger partial charge in [-0.25, -0.2) is 8.42 Å². The van der Waals surface area contributed by atoms with Gasteiger partial charge in [0.15, 0.2) is 0 Å². The maximum atomic E-state index is 12.7. The fourth-order valence-electron chi connectivity index (χ4n) is 3.54. The van der Waals surface area contributed by atoms with Gasteiger partial charge in [-0.3, -0.25) is 9.52 Å². The van der Waals surface area contributed by atoms with Crippen molar-refractivity contribution in [2.24, 2.45) is 0 Å². The van der Waals surface area contributed by atoms with Crippen LogP contribution in [0.5, 0.6) is 5.75 Å². The lowest BCUT2D eigenvalue weighted by molar-refractivity contribution is 0.0924. The van der Waals surface area contributed by atoms with Crippen LogP contribution in [0.1, 0.15) is 39.5 Å². The molecule has 6 nitrogen and oxygen atoms in total. The van der Waals surface area contributed by atoms with Crippen molar-refractivity contribution in [2.45, 2.75) is 31.2 Å². The normalized spacial score (nSPS) is 15.5. The van der Waals surface area contributed by atoms with Crippen molar-refractivity contribution < 1.29 is 17.9 Å². The molecule has 1 aliphatic heterocycles. The highest BCUT2D eigenvalue weighted by atomic mass is 32.2. The molecule has 0 aliphatic carbocycles. The summed E-state index contributed by atoms with van der Waals surface area (Å²) in [6.45, 7) is 4.43. The fourth-order valence-corrected chi connectivity index (χ4v) is 4.59. The molecule has 1 unspecified atom stereocenters. The maximum Gasteiger partial charge on any atom is 0.261 e. The first kappa shape index (κ1) is 20.9. The average Bonchev–Trinajstić information content (AvgIpc) is 2.76. The topological polar surface area (TPSA) is 84.5 Å². The lowest BCUT2D eigenvalue weighted by Crippen LogP contribution is -2.32. The smallest absolute Gasteiger partial charge is 0.261 e. The summed E-state index contributed by atoms with van der Waals surface area (Å²) in [5.41, 5.74) is 3.93. The van der Waals surface area contributed by atoms with Crippen LogP contribution in [0.25, 0.3) is 0 Å². The number of carbonyl (C=O) groups excluding carboxylic acids is 1. The zero-order valence-corrected chi connectivity index (χ0v) is 18.2. The van der Waals surface area contributed by atoms with E-state index in [1.165, 1.54) is 24.3 Å². The van der Waals surface area contributed by atoms with Gasteiger partial charge >= 0.3 is 0 Å². The van der Waals surface area contributed by atoms with E-state index in [0.717, 1.165) is 22.4 Å². The minimum Gasteiger partial charge on any atom is -0.493 e. The monoisotopic (exact) mass is 436 g/mol. The van der Waals surface area contributed by atoms with Crippen LogP contribution in [0.3, 0.4) is 0 Å². The van der Waals surface area contributed by atoms with Gasteiger partial charge in [0.1, 0.15) is 5.75 Å². The standard InChI is InChI=1S/C24H24N2O4S/c1-16-7-10-19(15-17(16)2)26-31(28,29)20-11-8-18(9-12-20)24(27)25-22-13-14-30-23-6-4-3-5-21(22)23/h3-12,15,22,26H,13-14H2,1-2H3,(H,25,27). The number of amides is 1. The van der Waals surface area contributed by atoms with E-state index in [-0.39, 0.29) is 16.8 Å². The third kappa shape index (κ3) is 4.56. The van der Waals surface area contributed by atoms with E-state index in [9.17, 15) is 13.2 Å². The number of rotatable bonds is 5. The second kappa shape index (κ2) is 8.43. The van der Waals surface area contributed by atoms with Crippen LogP contribution in [-0.2, 0) is 10.0 Å². The summed E-state index contributed by atoms with van der Waals surface area (Å²) in [5, 5.41) is 3.02. The van der Waals surface area contributed by atoms with Gasteiger partial charge in [0.05, 0.1) is 17.5 Å². The summed E-state index contributed by atoms with van der Waals surface area (Å²) in [5.74, 6) is 0.519. The number of sulfonamides is 1. The SMILES string of the molecule is Cc1ccc(NS(=O)(=O)c2ccc(C(=O)NC3CCOc4ccccc43)cc2)cc1C. The number of ether oxygens (including phenoxy) is 1. The van der Waals surface area contributed by atoms with Gasteiger partial charge in [-0.1, -0.05) is 24.3 Å². The third-order valence-corrected chi connectivity index (χ3v) is 6.85. The second-order valence-corrected chi connectivity index (χ2v) is 9.31. The number of benzene rings is 3. The molecule has 7 heteroatoms. The summed E-state index contributed by atoms with van der Waals surface area (Å²) in [7, 11) is -3.75. The van der Waals surface area contributed by atoms with Crippen LogP contribution < -0.4 is 14.8 Å². The molecule has 0 spiro atoms. The van der Waals surface area contributed by atoms with E-state index in [1.54, 1.807) is 12.1 Å². The molecule has 3 aromatic carbocycles. The van der Waals surface area contributed by atoms with Crippen molar-refractivity contribution in [3.8, 4) is 5.75 Å². The highest BCUT2D eigenvalue weighted by Gasteiger charge is 2.23. The van der Waals surface area contributed by atoms with Crippen molar-refractivity contribution in [3.05, 3.63) is 89.0 Å². The summed E-state index contributed by atoms with van der Waals surface area (Å²) < 4.78 is 33.6. The van der Waals surface area contributed by atoms with E-state index < -0.39 is 10.0 Å². The molecule has 1 amide bonds. The predicted octanol–water partition coefficient (Wildman–Crippen LogP) is 4.36. The molecule has 3 aromatic rings. The van der Waals surface area contributed by atoms with Gasteiger partial charge in [-0.2, -0.15) is 0 Å². The Morgan fingerprint density at radius 2 is 1.71 bits per heavy atom. The number of carbonyl (C=O) groups is 1. The van der Waals surface area contributed by atoms with Crippen LogP contribution in [0.15, 0.2) is 71.6 Å². The van der Waals surface area contributed by atoms with E-state index in [0.29, 0.717) is 24.3 Å². The zero-order chi connectivity index (χ0) is 22.0. The zero-order valence-electron chi connectivity index (χ0n) is 17.4. The van der Waals surface area contributed by atoms with E-state index in [1.807, 2.05) is 44.2 Å². The van der Waals surface area contributed by atoms with Crippen LogP contribution in [0.4, 0.5) is 5.69 Å². The van der Waals surface area contributed by atoms with Gasteiger partial charge in [-0.05, 0) is 67.4 Å². The lowest BCUT2D eigenvalue weighted by atomic mass is 10.00. The van der Waals surface area contributed by atoms with Gasteiger partial charge in [0, 0.05) is 23.2 Å². The Balaban J connectivity index is 1.47. The highest BCUT2D eigenvalue weighted by molar-refractivity contribution is 7.92. The number of nitrogens with one attached hydrogen (secondary N) is 2. The van der Waals surface area contributed by atoms with Gasteiger partial charge < -0.3 is 10.1 Å². The Bertz CT molecular complexity index is 1220. The molecule has 0 fully saturated rings. The van der Waals surface area contributed by atoms with E-state index >= 15 is 0 Å². The van der Waals surface area contributed by atoms with Crippen molar-refractivity contribution in [1.29, 1.82) is 0 Å². The summed E-state index contributed by atoms with van der Waals surface area (Å²) >= 11 is 0. The molecular weight excluding hydrogens is 412 g/mol. The van der Waals surface area contributed by atoms with Crippen LogP contribution in [-0.4, -0.2) is 20.9 Å². The molecule has 1 heterocycles. The number of aryl methyl sites for hydroxylation is 2. The summed E-state index contributed by atoms with van der Waals surface area (Å²) in [6.07, 6.45) is 0.676. The number of hydrogen-bond acceptors (Lipinski definition) is 4. The fraction of sp³-hybridized carbons (Fsp3) is 0.208. The molecule has 2 N–H and O–H groups in total. The average molecular weight is 437 g/mol. The molecule has 0 saturated carbocycles. The second-order valence-electron chi connectivity index (χ2n) is 7.63. The molecule has 0 aromatic heterocycles. The minimum absolute atomic E-state index is 0.0960. The van der Waals surface area contributed by atoms with Crippen LogP contribution in [0, 0.1) is 13.8 Å². The first-order chi connectivity index (χ1) is 14.8. The van der Waals surface area contributed by atoms with Crippen molar-refractivity contribution in [3.63, 3.8) is 0 Å². The first-order valence-electron chi connectivity index (χ1n) is 10.1. The number of hydrogen-bond donors (Lipinski definition) is 2. The molecule has 0 bridgehead atoms. The Morgan fingerprint density at radius 1 is 0.968 bits per heavy atom. The van der Waals surface area contributed by atoms with Crippen LogP contribution >= 0.6 is 0 Å². The number of fused-ring (bicyclic) bond motifs is 1. The van der Waals surface area contributed by atoms with E-state index in [4.69, 9.17) is 4.74 Å². The van der Waals surface area contributed by atoms with Crippen molar-refractivity contribution in [1.82, 2.24) is 5.32 Å². The van der Waals surface area contributed by atoms with Gasteiger partial charge in [-0.15, -0.1) is 0 Å². The Labute approximate surface area is 182 Å². The highest BCUT2D eigenvalue weighted by Crippen LogP contribution is 2.31. The molecule has 1 aliphatic rings. The number of anilines is 1. The predicted molar refractivity (Wildman–Crippen MR) is 120 cm³/mol. The minimum atomic E-state index is -3.75. The molecule has 0 radical (unpaired) electrons. The van der Waals surface area contributed by atoms with E-state index in [2.05, 4.69) is 10.0 Å². The molecule has 4 rings (SSSR count). The van der Waals surface area contributed by atoms with Crippen molar-refractivity contribution in [2.75, 3.05) is 11.3 Å². The van der Waals surface area contributed by atoms with Crippen LogP contribution in [0.2, 0.25) is 0 Å².